The van der Waals surface area contributed by atoms with Gasteiger partial charge in [0, 0.05) is 12.6 Å². The molecule has 2 fully saturated rings. The van der Waals surface area contributed by atoms with Crippen molar-refractivity contribution < 1.29 is 4.74 Å². The molecule has 2 heteroatoms. The zero-order chi connectivity index (χ0) is 12.3. The quantitative estimate of drug-likeness (QED) is 0.813. The minimum atomic E-state index is 0.466. The summed E-state index contributed by atoms with van der Waals surface area (Å²) in [4.78, 5) is 0. The van der Waals surface area contributed by atoms with Gasteiger partial charge in [0.2, 0.25) is 0 Å². The number of likely N-dealkylation sites (N-methyl/N-ethyl adjacent to an activating group) is 1. The maximum absolute atomic E-state index is 6.00. The molecule has 0 radical (unpaired) electrons. The van der Waals surface area contributed by atoms with Crippen molar-refractivity contribution in [3.63, 3.8) is 0 Å². The molecule has 0 aromatic heterocycles. The lowest BCUT2D eigenvalue weighted by Gasteiger charge is -2.37. The van der Waals surface area contributed by atoms with E-state index in [2.05, 4.69) is 26.1 Å². The summed E-state index contributed by atoms with van der Waals surface area (Å²) in [6.07, 6.45) is 7.32. The second-order valence-corrected chi connectivity index (χ2v) is 6.20. The zero-order valence-electron chi connectivity index (χ0n) is 11.7. The lowest BCUT2D eigenvalue weighted by molar-refractivity contribution is 0.0309. The molecule has 0 aromatic carbocycles. The molecule has 1 aliphatic carbocycles. The molecule has 17 heavy (non-hydrogen) atoms. The third-order valence-electron chi connectivity index (χ3n) is 4.81. The maximum Gasteiger partial charge on any atom is 0.0756 e. The standard InChI is InChI=1S/C15H29NO/c1-4-16-14(15-12(3)9-10-17-15)13-7-5-11(2)6-8-13/h11-16H,4-10H2,1-3H3. The first-order valence-electron chi connectivity index (χ1n) is 7.57. The average molecular weight is 239 g/mol. The predicted octanol–water partition coefficient (Wildman–Crippen LogP) is 3.22. The van der Waals surface area contributed by atoms with Crippen LogP contribution in [0.2, 0.25) is 0 Å². The van der Waals surface area contributed by atoms with E-state index in [0.29, 0.717) is 12.1 Å². The van der Waals surface area contributed by atoms with Gasteiger partial charge in [0.05, 0.1) is 6.10 Å². The Morgan fingerprint density at radius 1 is 1.12 bits per heavy atom. The molecule has 1 aliphatic heterocycles. The summed E-state index contributed by atoms with van der Waals surface area (Å²) in [6, 6.07) is 0.602. The SMILES string of the molecule is CCNC(C1CCC(C)CC1)C1OCCC1C. The molecule has 100 valence electrons. The lowest BCUT2D eigenvalue weighted by atomic mass is 9.76. The van der Waals surface area contributed by atoms with Crippen LogP contribution in [0.4, 0.5) is 0 Å². The van der Waals surface area contributed by atoms with Crippen molar-refractivity contribution in [2.24, 2.45) is 17.8 Å². The number of rotatable bonds is 4. The van der Waals surface area contributed by atoms with Gasteiger partial charge in [-0.1, -0.05) is 33.6 Å². The van der Waals surface area contributed by atoms with E-state index in [0.717, 1.165) is 30.9 Å². The van der Waals surface area contributed by atoms with Crippen LogP contribution in [0.15, 0.2) is 0 Å². The molecule has 3 unspecified atom stereocenters. The van der Waals surface area contributed by atoms with Gasteiger partial charge < -0.3 is 10.1 Å². The molecule has 1 saturated heterocycles. The van der Waals surface area contributed by atoms with Crippen LogP contribution in [0.1, 0.15) is 52.9 Å². The highest BCUT2D eigenvalue weighted by Crippen LogP contribution is 2.35. The molecule has 2 rings (SSSR count). The number of hydrogen-bond donors (Lipinski definition) is 1. The van der Waals surface area contributed by atoms with E-state index in [1.165, 1.54) is 32.1 Å². The van der Waals surface area contributed by atoms with Gasteiger partial charge in [-0.05, 0) is 43.6 Å². The highest BCUT2D eigenvalue weighted by molar-refractivity contribution is 4.91. The Kier molecular flexibility index (Phi) is 4.87. The van der Waals surface area contributed by atoms with Crippen LogP contribution in [0, 0.1) is 17.8 Å². The number of hydrogen-bond acceptors (Lipinski definition) is 2. The Balaban J connectivity index is 1.96. The summed E-state index contributed by atoms with van der Waals surface area (Å²) in [5, 5.41) is 3.71. The van der Waals surface area contributed by atoms with Crippen LogP contribution in [0.5, 0.6) is 0 Å². The summed E-state index contributed by atoms with van der Waals surface area (Å²) in [5.74, 6) is 2.52. The largest absolute Gasteiger partial charge is 0.376 e. The Hall–Kier alpha value is -0.0800. The fraction of sp³-hybridized carbons (Fsp3) is 1.00. The van der Waals surface area contributed by atoms with E-state index < -0.39 is 0 Å². The molecular formula is C15H29NO. The third kappa shape index (κ3) is 3.23. The summed E-state index contributed by atoms with van der Waals surface area (Å²) >= 11 is 0. The van der Waals surface area contributed by atoms with Crippen LogP contribution < -0.4 is 5.32 Å². The van der Waals surface area contributed by atoms with Crippen molar-refractivity contribution in [2.45, 2.75) is 65.0 Å². The first-order chi connectivity index (χ1) is 8.22. The minimum absolute atomic E-state index is 0.466. The van der Waals surface area contributed by atoms with Crippen molar-refractivity contribution in [1.82, 2.24) is 5.32 Å². The molecule has 0 bridgehead atoms. The van der Waals surface area contributed by atoms with Crippen LogP contribution in [-0.4, -0.2) is 25.3 Å². The van der Waals surface area contributed by atoms with Gasteiger partial charge in [0.15, 0.2) is 0 Å². The number of nitrogens with one attached hydrogen (secondary N) is 1. The number of ether oxygens (including phenoxy) is 1. The molecule has 0 spiro atoms. The Labute approximate surface area is 107 Å². The molecule has 0 aromatic rings. The van der Waals surface area contributed by atoms with Gasteiger partial charge >= 0.3 is 0 Å². The van der Waals surface area contributed by atoms with Crippen molar-refractivity contribution >= 4 is 0 Å². The summed E-state index contributed by atoms with van der Waals surface area (Å²) < 4.78 is 6.00. The van der Waals surface area contributed by atoms with Gasteiger partial charge in [-0.3, -0.25) is 0 Å². The Morgan fingerprint density at radius 3 is 2.35 bits per heavy atom. The van der Waals surface area contributed by atoms with Gasteiger partial charge in [-0.25, -0.2) is 0 Å². The second kappa shape index (κ2) is 6.19. The van der Waals surface area contributed by atoms with E-state index in [1.807, 2.05) is 0 Å². The second-order valence-electron chi connectivity index (χ2n) is 6.20. The molecule has 1 N–H and O–H groups in total. The molecule has 2 aliphatic rings. The summed E-state index contributed by atoms with van der Waals surface area (Å²) in [5.41, 5.74) is 0. The topological polar surface area (TPSA) is 21.3 Å². The van der Waals surface area contributed by atoms with E-state index in [-0.39, 0.29) is 0 Å². The lowest BCUT2D eigenvalue weighted by Crippen LogP contribution is -2.48. The zero-order valence-corrected chi connectivity index (χ0v) is 11.7. The smallest absolute Gasteiger partial charge is 0.0756 e. The molecule has 0 amide bonds. The van der Waals surface area contributed by atoms with Gasteiger partial charge in [-0.15, -0.1) is 0 Å². The van der Waals surface area contributed by atoms with Crippen LogP contribution >= 0.6 is 0 Å². The first-order valence-corrected chi connectivity index (χ1v) is 7.57. The average Bonchev–Trinajstić information content (AvgIpc) is 2.74. The normalized spacial score (nSPS) is 40.4. The van der Waals surface area contributed by atoms with Gasteiger partial charge in [0.1, 0.15) is 0 Å². The molecule has 2 nitrogen and oxygen atoms in total. The first kappa shape index (κ1) is 13.4. The van der Waals surface area contributed by atoms with Crippen molar-refractivity contribution in [2.75, 3.05) is 13.2 Å². The summed E-state index contributed by atoms with van der Waals surface area (Å²) in [6.45, 7) is 9.01. The highest BCUT2D eigenvalue weighted by Gasteiger charge is 2.37. The van der Waals surface area contributed by atoms with E-state index >= 15 is 0 Å². The maximum atomic E-state index is 6.00. The van der Waals surface area contributed by atoms with Crippen LogP contribution in [0.3, 0.4) is 0 Å². The van der Waals surface area contributed by atoms with Gasteiger partial charge in [-0.2, -0.15) is 0 Å². The third-order valence-corrected chi connectivity index (χ3v) is 4.81. The predicted molar refractivity (Wildman–Crippen MR) is 72.1 cm³/mol. The molecule has 1 saturated carbocycles. The summed E-state index contributed by atoms with van der Waals surface area (Å²) in [7, 11) is 0. The van der Waals surface area contributed by atoms with Gasteiger partial charge in [0.25, 0.3) is 0 Å². The van der Waals surface area contributed by atoms with Crippen molar-refractivity contribution in [3.8, 4) is 0 Å². The Bertz CT molecular complexity index is 223. The minimum Gasteiger partial charge on any atom is -0.376 e. The molecular weight excluding hydrogens is 210 g/mol. The van der Waals surface area contributed by atoms with E-state index in [9.17, 15) is 0 Å². The van der Waals surface area contributed by atoms with Crippen LogP contribution in [-0.2, 0) is 4.74 Å². The van der Waals surface area contributed by atoms with Crippen molar-refractivity contribution in [1.29, 1.82) is 0 Å². The van der Waals surface area contributed by atoms with E-state index in [1.54, 1.807) is 0 Å². The van der Waals surface area contributed by atoms with Crippen LogP contribution in [0.25, 0.3) is 0 Å². The monoisotopic (exact) mass is 239 g/mol. The fourth-order valence-electron chi connectivity index (χ4n) is 3.61. The van der Waals surface area contributed by atoms with Crippen molar-refractivity contribution in [3.05, 3.63) is 0 Å². The van der Waals surface area contributed by atoms with E-state index in [4.69, 9.17) is 4.74 Å². The highest BCUT2D eigenvalue weighted by atomic mass is 16.5. The Morgan fingerprint density at radius 2 is 1.82 bits per heavy atom. The fourth-order valence-corrected chi connectivity index (χ4v) is 3.61. The molecule has 3 atom stereocenters. The molecule has 1 heterocycles.